The Balaban J connectivity index is 2.32. The summed E-state index contributed by atoms with van der Waals surface area (Å²) in [6.45, 7) is 4.24. The fraction of sp³-hybridized carbons (Fsp3) is 0.600. The minimum atomic E-state index is -0.903. The molecular weight excluding hydrogens is 231 g/mol. The van der Waals surface area contributed by atoms with Crippen molar-refractivity contribution in [3.8, 4) is 5.75 Å². The second kappa shape index (κ2) is 4.88. The molecule has 3 atom stereocenters. The normalized spacial score (nSPS) is 32.3. The fourth-order valence-electron chi connectivity index (χ4n) is 2.99. The number of hydrogen-bond acceptors (Lipinski definition) is 2. The Morgan fingerprint density at radius 1 is 1.39 bits per heavy atom. The van der Waals surface area contributed by atoms with Crippen LogP contribution < -0.4 is 4.74 Å². The van der Waals surface area contributed by atoms with Crippen LogP contribution in [0.15, 0.2) is 18.2 Å². The minimum Gasteiger partial charge on any atom is -0.494 e. The van der Waals surface area contributed by atoms with Gasteiger partial charge in [0.2, 0.25) is 0 Å². The second-order valence-corrected chi connectivity index (χ2v) is 5.55. The first-order valence-corrected chi connectivity index (χ1v) is 6.53. The van der Waals surface area contributed by atoms with E-state index in [9.17, 15) is 9.50 Å². The van der Waals surface area contributed by atoms with Crippen molar-refractivity contribution in [2.45, 2.75) is 38.7 Å². The van der Waals surface area contributed by atoms with Gasteiger partial charge in [0, 0.05) is 0 Å². The van der Waals surface area contributed by atoms with Gasteiger partial charge in [-0.05, 0) is 48.8 Å². The summed E-state index contributed by atoms with van der Waals surface area (Å²) >= 11 is 0. The molecule has 0 radical (unpaired) electrons. The van der Waals surface area contributed by atoms with E-state index in [-0.39, 0.29) is 11.7 Å². The average molecular weight is 252 g/mol. The number of ether oxygens (including phenoxy) is 1. The molecule has 0 saturated heterocycles. The maximum Gasteiger partial charge on any atom is 0.165 e. The average Bonchev–Trinajstić information content (AvgIpc) is 2.34. The number of rotatable bonds is 2. The van der Waals surface area contributed by atoms with Gasteiger partial charge in [-0.25, -0.2) is 4.39 Å². The third-order valence-corrected chi connectivity index (χ3v) is 4.24. The van der Waals surface area contributed by atoms with E-state index in [2.05, 4.69) is 6.92 Å². The summed E-state index contributed by atoms with van der Waals surface area (Å²) in [7, 11) is 1.44. The van der Waals surface area contributed by atoms with Crippen LogP contribution in [-0.4, -0.2) is 12.2 Å². The molecule has 1 fully saturated rings. The van der Waals surface area contributed by atoms with Gasteiger partial charge < -0.3 is 9.84 Å². The summed E-state index contributed by atoms with van der Waals surface area (Å²) in [6.07, 6.45) is 2.65. The highest BCUT2D eigenvalue weighted by Gasteiger charge is 2.40. The Bertz CT molecular complexity index is 433. The lowest BCUT2D eigenvalue weighted by Gasteiger charge is -2.41. The van der Waals surface area contributed by atoms with Gasteiger partial charge in [-0.1, -0.05) is 19.9 Å². The zero-order valence-electron chi connectivity index (χ0n) is 11.2. The predicted octanol–water partition coefficient (Wildman–Crippen LogP) is 3.48. The number of halogens is 1. The lowest BCUT2D eigenvalue weighted by atomic mass is 9.69. The van der Waals surface area contributed by atoms with Crippen molar-refractivity contribution in [2.24, 2.45) is 11.8 Å². The molecule has 2 nitrogen and oxygen atoms in total. The Hall–Kier alpha value is -1.09. The number of aliphatic hydroxyl groups is 1. The fourth-order valence-corrected chi connectivity index (χ4v) is 2.99. The van der Waals surface area contributed by atoms with Gasteiger partial charge in [-0.3, -0.25) is 0 Å². The van der Waals surface area contributed by atoms with Crippen molar-refractivity contribution >= 4 is 0 Å². The summed E-state index contributed by atoms with van der Waals surface area (Å²) < 4.78 is 18.7. The highest BCUT2D eigenvalue weighted by atomic mass is 19.1. The maximum absolute atomic E-state index is 13.7. The minimum absolute atomic E-state index is 0.147. The van der Waals surface area contributed by atoms with E-state index in [1.165, 1.54) is 13.2 Å². The third kappa shape index (κ3) is 2.24. The van der Waals surface area contributed by atoms with E-state index in [1.54, 1.807) is 12.1 Å². The molecular formula is C15H21FO2. The van der Waals surface area contributed by atoms with Crippen LogP contribution in [-0.2, 0) is 5.60 Å². The van der Waals surface area contributed by atoms with Crippen molar-refractivity contribution in [3.63, 3.8) is 0 Å². The first kappa shape index (κ1) is 13.3. The summed E-state index contributed by atoms with van der Waals surface area (Å²) in [5.74, 6) is 0.589. The molecule has 0 bridgehead atoms. The van der Waals surface area contributed by atoms with Gasteiger partial charge in [0.1, 0.15) is 0 Å². The van der Waals surface area contributed by atoms with E-state index in [0.29, 0.717) is 17.9 Å². The first-order valence-electron chi connectivity index (χ1n) is 6.53. The van der Waals surface area contributed by atoms with E-state index >= 15 is 0 Å². The van der Waals surface area contributed by atoms with Gasteiger partial charge in [0.15, 0.2) is 11.6 Å². The smallest absolute Gasteiger partial charge is 0.165 e. The molecule has 1 aromatic rings. The van der Waals surface area contributed by atoms with Crippen LogP contribution in [0.5, 0.6) is 5.75 Å². The van der Waals surface area contributed by atoms with Crippen LogP contribution in [0.25, 0.3) is 0 Å². The Kier molecular flexibility index (Phi) is 3.62. The van der Waals surface area contributed by atoms with Crippen LogP contribution in [0.2, 0.25) is 0 Å². The molecule has 3 heteroatoms. The van der Waals surface area contributed by atoms with Gasteiger partial charge in [-0.15, -0.1) is 0 Å². The molecule has 0 spiro atoms. The van der Waals surface area contributed by atoms with E-state index in [0.717, 1.165) is 12.8 Å². The molecule has 1 aliphatic carbocycles. The van der Waals surface area contributed by atoms with Crippen molar-refractivity contribution in [3.05, 3.63) is 29.6 Å². The molecule has 0 aliphatic heterocycles. The standard InChI is InChI=1S/C15H21FO2/c1-10-6-7-15(17,11(2)8-10)12-4-5-14(18-3)13(16)9-12/h4-5,9-11,17H,6-8H2,1-3H3. The molecule has 100 valence electrons. The zero-order valence-corrected chi connectivity index (χ0v) is 11.2. The van der Waals surface area contributed by atoms with Crippen LogP contribution in [0, 0.1) is 17.7 Å². The maximum atomic E-state index is 13.7. The monoisotopic (exact) mass is 252 g/mol. The van der Waals surface area contributed by atoms with Gasteiger partial charge in [0.05, 0.1) is 12.7 Å². The van der Waals surface area contributed by atoms with Crippen molar-refractivity contribution in [1.29, 1.82) is 0 Å². The van der Waals surface area contributed by atoms with Crippen LogP contribution in [0.1, 0.15) is 38.7 Å². The molecule has 3 unspecified atom stereocenters. The number of methoxy groups -OCH3 is 1. The van der Waals surface area contributed by atoms with Gasteiger partial charge in [-0.2, -0.15) is 0 Å². The third-order valence-electron chi connectivity index (χ3n) is 4.24. The SMILES string of the molecule is COc1ccc(C2(O)CCC(C)CC2C)cc1F. The van der Waals surface area contributed by atoms with E-state index in [1.807, 2.05) is 6.92 Å². The Labute approximate surface area is 108 Å². The van der Waals surface area contributed by atoms with Crippen molar-refractivity contribution in [2.75, 3.05) is 7.11 Å². The van der Waals surface area contributed by atoms with Crippen LogP contribution >= 0.6 is 0 Å². The molecule has 0 aromatic heterocycles. The molecule has 1 saturated carbocycles. The molecule has 1 aliphatic rings. The quantitative estimate of drug-likeness (QED) is 0.873. The van der Waals surface area contributed by atoms with Gasteiger partial charge >= 0.3 is 0 Å². The Morgan fingerprint density at radius 2 is 2.11 bits per heavy atom. The van der Waals surface area contributed by atoms with E-state index < -0.39 is 11.4 Å². The van der Waals surface area contributed by atoms with Crippen LogP contribution in [0.4, 0.5) is 4.39 Å². The van der Waals surface area contributed by atoms with E-state index in [4.69, 9.17) is 4.74 Å². The van der Waals surface area contributed by atoms with Crippen LogP contribution in [0.3, 0.4) is 0 Å². The molecule has 0 amide bonds. The summed E-state index contributed by atoms with van der Waals surface area (Å²) in [4.78, 5) is 0. The lowest BCUT2D eigenvalue weighted by Crippen LogP contribution is -2.38. The topological polar surface area (TPSA) is 29.5 Å². The highest BCUT2D eigenvalue weighted by molar-refractivity contribution is 5.33. The number of hydrogen-bond donors (Lipinski definition) is 1. The summed E-state index contributed by atoms with van der Waals surface area (Å²) in [5, 5.41) is 10.8. The first-order chi connectivity index (χ1) is 8.47. The zero-order chi connectivity index (χ0) is 13.3. The van der Waals surface area contributed by atoms with Crippen molar-refractivity contribution in [1.82, 2.24) is 0 Å². The highest BCUT2D eigenvalue weighted by Crippen LogP contribution is 2.44. The molecule has 18 heavy (non-hydrogen) atoms. The lowest BCUT2D eigenvalue weighted by molar-refractivity contribution is -0.0590. The molecule has 2 rings (SSSR count). The Morgan fingerprint density at radius 3 is 2.67 bits per heavy atom. The largest absolute Gasteiger partial charge is 0.494 e. The number of benzene rings is 1. The molecule has 1 aromatic carbocycles. The predicted molar refractivity (Wildman–Crippen MR) is 69.0 cm³/mol. The summed E-state index contributed by atoms with van der Waals surface area (Å²) in [6, 6.07) is 4.77. The van der Waals surface area contributed by atoms with Gasteiger partial charge in [0.25, 0.3) is 0 Å². The molecule has 1 N–H and O–H groups in total. The summed E-state index contributed by atoms with van der Waals surface area (Å²) in [5.41, 5.74) is -0.236. The molecule has 0 heterocycles. The second-order valence-electron chi connectivity index (χ2n) is 5.55. The van der Waals surface area contributed by atoms with Crippen molar-refractivity contribution < 1.29 is 14.2 Å².